The van der Waals surface area contributed by atoms with E-state index in [0.717, 1.165) is 22.9 Å². The predicted octanol–water partition coefficient (Wildman–Crippen LogP) is 6.99. The van der Waals surface area contributed by atoms with Gasteiger partial charge in [-0.15, -0.1) is 0 Å². The summed E-state index contributed by atoms with van der Waals surface area (Å²) in [4.78, 5) is 26.9. The standard InChI is InChI=1S/C28H25BrFNO5S/c1-3-34-24-15-20(14-23(29)26(24)36-17-19-6-8-21(30)9-7-19)16-25-27(32)31(28(33)37-25)12-13-35-22-10-4-18(2)5-11-22/h4-11,14-16H,3,12-13,17H2,1-2H3/b25-16-. The van der Waals surface area contributed by atoms with E-state index in [1.165, 1.54) is 17.0 Å². The number of ether oxygens (including phenoxy) is 3. The van der Waals surface area contributed by atoms with Crippen LogP contribution in [-0.4, -0.2) is 35.8 Å². The summed E-state index contributed by atoms with van der Waals surface area (Å²) in [5.74, 6) is 0.976. The van der Waals surface area contributed by atoms with E-state index in [9.17, 15) is 14.0 Å². The van der Waals surface area contributed by atoms with E-state index in [0.29, 0.717) is 38.8 Å². The highest BCUT2D eigenvalue weighted by atomic mass is 79.9. The summed E-state index contributed by atoms with van der Waals surface area (Å²) in [6, 6.07) is 17.2. The molecule has 192 valence electrons. The average Bonchev–Trinajstić information content (AvgIpc) is 3.13. The number of hydrogen-bond donors (Lipinski definition) is 0. The van der Waals surface area contributed by atoms with Gasteiger partial charge in [-0.2, -0.15) is 0 Å². The molecule has 1 aliphatic rings. The molecule has 0 aliphatic carbocycles. The molecule has 0 N–H and O–H groups in total. The molecule has 0 spiro atoms. The lowest BCUT2D eigenvalue weighted by atomic mass is 10.1. The number of halogens is 2. The summed E-state index contributed by atoms with van der Waals surface area (Å²) < 4.78 is 31.2. The van der Waals surface area contributed by atoms with Gasteiger partial charge < -0.3 is 14.2 Å². The molecular formula is C28H25BrFNO5S. The highest BCUT2D eigenvalue weighted by Crippen LogP contribution is 2.39. The minimum Gasteiger partial charge on any atom is -0.492 e. The van der Waals surface area contributed by atoms with Crippen molar-refractivity contribution in [1.82, 2.24) is 4.90 Å². The Morgan fingerprint density at radius 2 is 1.73 bits per heavy atom. The highest BCUT2D eigenvalue weighted by molar-refractivity contribution is 9.10. The zero-order chi connectivity index (χ0) is 26.4. The number of carbonyl (C=O) groups is 2. The van der Waals surface area contributed by atoms with Crippen LogP contribution in [0.3, 0.4) is 0 Å². The van der Waals surface area contributed by atoms with Gasteiger partial charge in [-0.25, -0.2) is 4.39 Å². The fraction of sp³-hybridized carbons (Fsp3) is 0.214. The minimum absolute atomic E-state index is 0.153. The summed E-state index contributed by atoms with van der Waals surface area (Å²) in [6.07, 6.45) is 1.66. The van der Waals surface area contributed by atoms with Crippen molar-refractivity contribution >= 4 is 44.9 Å². The van der Waals surface area contributed by atoms with Crippen molar-refractivity contribution in [2.75, 3.05) is 19.8 Å². The van der Waals surface area contributed by atoms with Gasteiger partial charge in [0.25, 0.3) is 11.1 Å². The molecule has 0 bridgehead atoms. The lowest BCUT2D eigenvalue weighted by Crippen LogP contribution is -2.32. The van der Waals surface area contributed by atoms with Crippen LogP contribution in [0.5, 0.6) is 17.2 Å². The zero-order valence-corrected chi connectivity index (χ0v) is 22.7. The molecule has 6 nitrogen and oxygen atoms in total. The van der Waals surface area contributed by atoms with E-state index in [4.69, 9.17) is 14.2 Å². The fourth-order valence-electron chi connectivity index (χ4n) is 3.54. The van der Waals surface area contributed by atoms with Crippen LogP contribution in [0.4, 0.5) is 9.18 Å². The molecule has 1 aliphatic heterocycles. The van der Waals surface area contributed by atoms with Crippen LogP contribution in [0.2, 0.25) is 0 Å². The van der Waals surface area contributed by atoms with Crippen molar-refractivity contribution in [1.29, 1.82) is 0 Å². The first-order valence-electron chi connectivity index (χ1n) is 11.6. The molecule has 0 unspecified atom stereocenters. The van der Waals surface area contributed by atoms with Crippen LogP contribution < -0.4 is 14.2 Å². The molecule has 9 heteroatoms. The van der Waals surface area contributed by atoms with Crippen molar-refractivity contribution < 1.29 is 28.2 Å². The van der Waals surface area contributed by atoms with Gasteiger partial charge >= 0.3 is 0 Å². The monoisotopic (exact) mass is 585 g/mol. The number of benzene rings is 3. The van der Waals surface area contributed by atoms with Crippen LogP contribution in [0.15, 0.2) is 70.0 Å². The lowest BCUT2D eigenvalue weighted by molar-refractivity contribution is -0.123. The molecular weight excluding hydrogens is 561 g/mol. The number of carbonyl (C=O) groups excluding carboxylic acids is 2. The molecule has 1 saturated heterocycles. The Hall–Kier alpha value is -3.30. The van der Waals surface area contributed by atoms with Crippen LogP contribution in [0.1, 0.15) is 23.6 Å². The van der Waals surface area contributed by atoms with E-state index in [-0.39, 0.29) is 36.7 Å². The molecule has 0 atom stereocenters. The fourth-order valence-corrected chi connectivity index (χ4v) is 4.98. The van der Waals surface area contributed by atoms with Gasteiger partial charge in [-0.3, -0.25) is 14.5 Å². The Morgan fingerprint density at radius 3 is 2.43 bits per heavy atom. The third-order valence-electron chi connectivity index (χ3n) is 5.40. The maximum absolute atomic E-state index is 13.2. The first kappa shape index (κ1) is 26.8. The maximum atomic E-state index is 13.2. The second-order valence-corrected chi connectivity index (χ2v) is 10.0. The minimum atomic E-state index is -0.367. The Labute approximate surface area is 227 Å². The van der Waals surface area contributed by atoms with E-state index < -0.39 is 0 Å². The number of imide groups is 1. The van der Waals surface area contributed by atoms with Gasteiger partial charge in [0.05, 0.1) is 22.5 Å². The van der Waals surface area contributed by atoms with Gasteiger partial charge in [0.15, 0.2) is 11.5 Å². The number of hydrogen-bond acceptors (Lipinski definition) is 6. The van der Waals surface area contributed by atoms with Crippen molar-refractivity contribution in [2.24, 2.45) is 0 Å². The van der Waals surface area contributed by atoms with E-state index >= 15 is 0 Å². The summed E-state index contributed by atoms with van der Waals surface area (Å²) in [5.41, 5.74) is 2.60. The van der Waals surface area contributed by atoms with Gasteiger partial charge in [0, 0.05) is 0 Å². The SMILES string of the molecule is CCOc1cc(/C=C2\SC(=O)N(CCOc3ccc(C)cc3)C2=O)cc(Br)c1OCc1ccc(F)cc1. The van der Waals surface area contributed by atoms with Gasteiger partial charge in [-0.1, -0.05) is 29.8 Å². The quantitative estimate of drug-likeness (QED) is 0.239. The van der Waals surface area contributed by atoms with Crippen LogP contribution >= 0.6 is 27.7 Å². The Bertz CT molecular complexity index is 1310. The molecule has 0 saturated carbocycles. The van der Waals surface area contributed by atoms with Crippen molar-refractivity contribution in [2.45, 2.75) is 20.5 Å². The topological polar surface area (TPSA) is 65.1 Å². The number of amides is 2. The predicted molar refractivity (Wildman–Crippen MR) is 145 cm³/mol. The lowest BCUT2D eigenvalue weighted by Gasteiger charge is -2.15. The summed E-state index contributed by atoms with van der Waals surface area (Å²) in [5, 5.41) is -0.341. The molecule has 3 aromatic rings. The van der Waals surface area contributed by atoms with E-state index in [2.05, 4.69) is 15.9 Å². The second-order valence-electron chi connectivity index (χ2n) is 8.17. The smallest absolute Gasteiger partial charge is 0.293 e. The molecule has 1 fully saturated rings. The first-order chi connectivity index (χ1) is 17.8. The summed E-state index contributed by atoms with van der Waals surface area (Å²) >= 11 is 4.41. The van der Waals surface area contributed by atoms with E-state index in [1.54, 1.807) is 30.3 Å². The Balaban J connectivity index is 1.45. The number of aryl methyl sites for hydroxylation is 1. The molecule has 1 heterocycles. The summed E-state index contributed by atoms with van der Waals surface area (Å²) in [7, 11) is 0. The molecule has 0 aromatic heterocycles. The van der Waals surface area contributed by atoms with Crippen molar-refractivity contribution in [3.8, 4) is 17.2 Å². The van der Waals surface area contributed by atoms with Crippen molar-refractivity contribution in [3.63, 3.8) is 0 Å². The molecule has 4 rings (SSSR count). The Morgan fingerprint density at radius 1 is 1.00 bits per heavy atom. The molecule has 3 aromatic carbocycles. The van der Waals surface area contributed by atoms with Crippen molar-refractivity contribution in [3.05, 3.63) is 92.5 Å². The molecule has 2 amide bonds. The van der Waals surface area contributed by atoms with Gasteiger partial charge in [-0.05, 0) is 95.1 Å². The first-order valence-corrected chi connectivity index (χ1v) is 13.2. The normalized spacial score (nSPS) is 14.4. The zero-order valence-electron chi connectivity index (χ0n) is 20.3. The summed E-state index contributed by atoms with van der Waals surface area (Å²) in [6.45, 7) is 4.83. The number of nitrogens with zero attached hydrogens (tertiary/aromatic N) is 1. The van der Waals surface area contributed by atoms with Crippen LogP contribution in [0, 0.1) is 12.7 Å². The van der Waals surface area contributed by atoms with Crippen LogP contribution in [-0.2, 0) is 11.4 Å². The van der Waals surface area contributed by atoms with Gasteiger partial charge in [0.2, 0.25) is 0 Å². The van der Waals surface area contributed by atoms with Crippen LogP contribution in [0.25, 0.3) is 6.08 Å². The third-order valence-corrected chi connectivity index (χ3v) is 6.90. The largest absolute Gasteiger partial charge is 0.492 e. The number of rotatable bonds is 10. The molecule has 0 radical (unpaired) electrons. The highest BCUT2D eigenvalue weighted by Gasteiger charge is 2.35. The Kier molecular flexibility index (Phi) is 8.89. The second kappa shape index (κ2) is 12.3. The average molecular weight is 586 g/mol. The number of thioether (sulfide) groups is 1. The van der Waals surface area contributed by atoms with E-state index in [1.807, 2.05) is 38.1 Å². The third kappa shape index (κ3) is 6.93. The van der Waals surface area contributed by atoms with Gasteiger partial charge in [0.1, 0.15) is 24.8 Å². The maximum Gasteiger partial charge on any atom is 0.293 e. The molecule has 37 heavy (non-hydrogen) atoms.